The molecule has 1 atom stereocenters. The predicted molar refractivity (Wildman–Crippen MR) is 79.3 cm³/mol. The molecule has 0 saturated heterocycles. The van der Waals surface area contributed by atoms with Crippen molar-refractivity contribution in [2.24, 2.45) is 5.92 Å². The summed E-state index contributed by atoms with van der Waals surface area (Å²) in [6, 6.07) is -0.665. The van der Waals surface area contributed by atoms with Gasteiger partial charge >= 0.3 is 5.97 Å². The average Bonchev–Trinajstić information content (AvgIpc) is 2.80. The Morgan fingerprint density at radius 2 is 2.00 bits per heavy atom. The average molecular weight is 332 g/mol. The van der Waals surface area contributed by atoms with Crippen LogP contribution in [0.15, 0.2) is 4.34 Å². The van der Waals surface area contributed by atoms with Gasteiger partial charge in [0.2, 0.25) is 16.9 Å². The molecule has 0 radical (unpaired) electrons. The molecular formula is C11H16N4O4S2. The highest BCUT2D eigenvalue weighted by Crippen LogP contribution is 2.25. The van der Waals surface area contributed by atoms with Gasteiger partial charge in [0.05, 0.1) is 5.75 Å². The number of amides is 2. The number of thioether (sulfide) groups is 1. The van der Waals surface area contributed by atoms with Gasteiger partial charge in [-0.3, -0.25) is 19.7 Å². The van der Waals surface area contributed by atoms with E-state index in [0.717, 1.165) is 23.1 Å². The molecule has 1 rings (SSSR count). The number of hydrogen-bond donors (Lipinski definition) is 3. The Bertz CT molecular complexity index is 532. The molecule has 0 fully saturated rings. The van der Waals surface area contributed by atoms with Crippen LogP contribution in [0.1, 0.15) is 20.8 Å². The van der Waals surface area contributed by atoms with E-state index >= 15 is 0 Å². The zero-order valence-corrected chi connectivity index (χ0v) is 13.4. The van der Waals surface area contributed by atoms with E-state index in [1.54, 1.807) is 0 Å². The van der Waals surface area contributed by atoms with Crippen LogP contribution < -0.4 is 10.6 Å². The number of carboxylic acids is 1. The van der Waals surface area contributed by atoms with Crippen LogP contribution in [0.25, 0.3) is 0 Å². The van der Waals surface area contributed by atoms with Crippen LogP contribution in [-0.4, -0.2) is 44.9 Å². The van der Waals surface area contributed by atoms with E-state index in [4.69, 9.17) is 5.11 Å². The lowest BCUT2D eigenvalue weighted by molar-refractivity contribution is -0.134. The minimum absolute atomic E-state index is 0.0809. The Morgan fingerprint density at radius 3 is 2.52 bits per heavy atom. The molecule has 3 N–H and O–H groups in total. The van der Waals surface area contributed by atoms with E-state index < -0.39 is 12.0 Å². The standard InChI is InChI=1S/C11H16N4O4S2/c1-5(2)8(12-6(3)16)9(19)13-10-14-15-11(21-10)20-4-7(17)18/h5,8H,4H2,1-3H3,(H,12,16)(H,17,18)(H,13,14,19). The first kappa shape index (κ1) is 17.4. The van der Waals surface area contributed by atoms with Gasteiger partial charge in [-0.05, 0) is 5.92 Å². The number of aromatic nitrogens is 2. The summed E-state index contributed by atoms with van der Waals surface area (Å²) in [6.07, 6.45) is 0. The number of nitrogens with one attached hydrogen (secondary N) is 2. The van der Waals surface area contributed by atoms with Crippen LogP contribution in [0.4, 0.5) is 5.13 Å². The number of nitrogens with zero attached hydrogens (tertiary/aromatic N) is 2. The third-order valence-corrected chi connectivity index (χ3v) is 4.22. The maximum atomic E-state index is 12.1. The second-order valence-corrected chi connectivity index (χ2v) is 6.67. The maximum Gasteiger partial charge on any atom is 0.313 e. The van der Waals surface area contributed by atoms with Gasteiger partial charge in [0.1, 0.15) is 6.04 Å². The highest BCUT2D eigenvalue weighted by molar-refractivity contribution is 8.01. The summed E-state index contributed by atoms with van der Waals surface area (Å²) in [5.41, 5.74) is 0. The molecule has 0 aromatic carbocycles. The lowest BCUT2D eigenvalue weighted by Gasteiger charge is -2.19. The van der Waals surface area contributed by atoms with Crippen LogP contribution in [0.5, 0.6) is 0 Å². The lowest BCUT2D eigenvalue weighted by Crippen LogP contribution is -2.46. The fourth-order valence-corrected chi connectivity index (χ4v) is 2.85. The van der Waals surface area contributed by atoms with Crippen molar-refractivity contribution in [3.63, 3.8) is 0 Å². The van der Waals surface area contributed by atoms with Gasteiger partial charge in [0.25, 0.3) is 0 Å². The Balaban J connectivity index is 2.64. The molecule has 21 heavy (non-hydrogen) atoms. The molecule has 0 aliphatic rings. The van der Waals surface area contributed by atoms with E-state index in [0.29, 0.717) is 4.34 Å². The smallest absolute Gasteiger partial charge is 0.313 e. The number of hydrogen-bond acceptors (Lipinski definition) is 7. The second kappa shape index (κ2) is 7.93. The van der Waals surface area contributed by atoms with Crippen molar-refractivity contribution in [3.8, 4) is 0 Å². The first-order valence-corrected chi connectivity index (χ1v) is 7.86. The lowest BCUT2D eigenvalue weighted by atomic mass is 10.0. The van der Waals surface area contributed by atoms with Crippen molar-refractivity contribution in [3.05, 3.63) is 0 Å². The maximum absolute atomic E-state index is 12.1. The highest BCUT2D eigenvalue weighted by Gasteiger charge is 2.24. The molecule has 0 spiro atoms. The van der Waals surface area contributed by atoms with Crippen molar-refractivity contribution in [1.29, 1.82) is 0 Å². The van der Waals surface area contributed by atoms with E-state index in [2.05, 4.69) is 20.8 Å². The molecule has 10 heteroatoms. The van der Waals surface area contributed by atoms with Crippen LogP contribution >= 0.6 is 23.1 Å². The Kier molecular flexibility index (Phi) is 6.56. The first-order valence-electron chi connectivity index (χ1n) is 6.05. The quantitative estimate of drug-likeness (QED) is 0.499. The summed E-state index contributed by atoms with van der Waals surface area (Å²) in [7, 11) is 0. The predicted octanol–water partition coefficient (Wildman–Crippen LogP) is 0.814. The third kappa shape index (κ3) is 6.08. The Hall–Kier alpha value is -1.68. The number of carbonyl (C=O) groups is 3. The minimum atomic E-state index is -0.952. The molecule has 8 nitrogen and oxygen atoms in total. The molecule has 2 amide bonds. The topological polar surface area (TPSA) is 121 Å². The van der Waals surface area contributed by atoms with Crippen molar-refractivity contribution < 1.29 is 19.5 Å². The van der Waals surface area contributed by atoms with Gasteiger partial charge in [0, 0.05) is 6.92 Å². The van der Waals surface area contributed by atoms with Gasteiger partial charge in [-0.15, -0.1) is 10.2 Å². The fraction of sp³-hybridized carbons (Fsp3) is 0.545. The third-order valence-electron chi connectivity index (χ3n) is 2.26. The molecule has 1 aromatic rings. The monoisotopic (exact) mass is 332 g/mol. The number of carbonyl (C=O) groups excluding carboxylic acids is 2. The SMILES string of the molecule is CC(=O)NC(C(=O)Nc1nnc(SCC(=O)O)s1)C(C)C. The summed E-state index contributed by atoms with van der Waals surface area (Å²) in [5.74, 6) is -1.83. The van der Waals surface area contributed by atoms with E-state index in [-0.39, 0.29) is 28.6 Å². The molecular weight excluding hydrogens is 316 g/mol. The fourth-order valence-electron chi connectivity index (χ4n) is 1.38. The van der Waals surface area contributed by atoms with Crippen molar-refractivity contribution in [2.45, 2.75) is 31.2 Å². The first-order chi connectivity index (χ1) is 9.79. The summed E-state index contributed by atoms with van der Waals surface area (Å²) in [5, 5.41) is 21.5. The van der Waals surface area contributed by atoms with Gasteiger partial charge in [-0.1, -0.05) is 36.9 Å². The minimum Gasteiger partial charge on any atom is -0.481 e. The normalized spacial score (nSPS) is 12.0. The number of anilines is 1. The number of carboxylic acid groups (broad SMARTS) is 1. The molecule has 1 aromatic heterocycles. The van der Waals surface area contributed by atoms with Crippen LogP contribution in [0, 0.1) is 5.92 Å². The molecule has 0 saturated carbocycles. The van der Waals surface area contributed by atoms with Gasteiger partial charge in [0.15, 0.2) is 4.34 Å². The molecule has 0 bridgehead atoms. The molecule has 1 heterocycles. The molecule has 0 aliphatic heterocycles. The second-order valence-electron chi connectivity index (χ2n) is 4.47. The van der Waals surface area contributed by atoms with Crippen LogP contribution in [-0.2, 0) is 14.4 Å². The zero-order chi connectivity index (χ0) is 16.0. The molecule has 0 aliphatic carbocycles. The molecule has 116 valence electrons. The summed E-state index contributed by atoms with van der Waals surface area (Å²) < 4.78 is 0.452. The summed E-state index contributed by atoms with van der Waals surface area (Å²) in [6.45, 7) is 4.97. The molecule has 1 unspecified atom stereocenters. The van der Waals surface area contributed by atoms with Gasteiger partial charge in [-0.25, -0.2) is 0 Å². The van der Waals surface area contributed by atoms with E-state index in [1.807, 2.05) is 13.8 Å². The Morgan fingerprint density at radius 1 is 1.33 bits per heavy atom. The summed E-state index contributed by atoms with van der Waals surface area (Å²) in [4.78, 5) is 33.6. The van der Waals surface area contributed by atoms with Gasteiger partial charge in [-0.2, -0.15) is 0 Å². The van der Waals surface area contributed by atoms with Crippen molar-refractivity contribution >= 4 is 46.0 Å². The van der Waals surface area contributed by atoms with Crippen LogP contribution in [0.2, 0.25) is 0 Å². The number of aliphatic carboxylic acids is 1. The largest absolute Gasteiger partial charge is 0.481 e. The van der Waals surface area contributed by atoms with Gasteiger partial charge < -0.3 is 10.4 Å². The zero-order valence-electron chi connectivity index (χ0n) is 11.7. The Labute approximate surface area is 129 Å². The highest BCUT2D eigenvalue weighted by atomic mass is 32.2. The van der Waals surface area contributed by atoms with Crippen molar-refractivity contribution in [2.75, 3.05) is 11.1 Å². The van der Waals surface area contributed by atoms with Crippen LogP contribution in [0.3, 0.4) is 0 Å². The van der Waals surface area contributed by atoms with E-state index in [9.17, 15) is 14.4 Å². The number of rotatable bonds is 7. The van der Waals surface area contributed by atoms with E-state index in [1.165, 1.54) is 6.92 Å². The summed E-state index contributed by atoms with van der Waals surface area (Å²) >= 11 is 2.11. The van der Waals surface area contributed by atoms with Crippen molar-refractivity contribution in [1.82, 2.24) is 15.5 Å².